The van der Waals surface area contributed by atoms with Crippen LogP contribution in [-0.4, -0.2) is 16.4 Å². The molecule has 0 aromatic carbocycles. The van der Waals surface area contributed by atoms with E-state index in [0.717, 1.165) is 0 Å². The van der Waals surface area contributed by atoms with E-state index in [1.807, 2.05) is 0 Å². The van der Waals surface area contributed by atoms with E-state index >= 15 is 0 Å². The average Bonchev–Trinajstić information content (AvgIpc) is 2.19. The fraction of sp³-hybridized carbons (Fsp3) is 0.400. The zero-order valence-corrected chi connectivity index (χ0v) is 11.6. The van der Waals surface area contributed by atoms with Crippen LogP contribution in [-0.2, 0) is 4.79 Å². The first kappa shape index (κ1) is 14.8. The number of amides is 1. The van der Waals surface area contributed by atoms with Gasteiger partial charge in [-0.2, -0.15) is 0 Å². The summed E-state index contributed by atoms with van der Waals surface area (Å²) in [6, 6.07) is 1.51. The Bertz CT molecular complexity index is 464. The standard InChI is InChI=1S/C10H15Cl2N5O/c1-10(2,4-7(13)18)16-8-5(11)3-6(12)9(15-8)17-14/h3H,4,14H2,1-2H3,(H2,13,18)(H2,15,16,17). The van der Waals surface area contributed by atoms with E-state index in [0.29, 0.717) is 21.7 Å². The number of nitrogens with zero attached hydrogens (tertiary/aromatic N) is 1. The Hall–Kier alpha value is -1.24. The van der Waals surface area contributed by atoms with E-state index in [-0.39, 0.29) is 6.42 Å². The Labute approximate surface area is 115 Å². The molecule has 0 fully saturated rings. The van der Waals surface area contributed by atoms with Crippen molar-refractivity contribution in [3.63, 3.8) is 0 Å². The van der Waals surface area contributed by atoms with Crippen molar-refractivity contribution in [1.82, 2.24) is 4.98 Å². The lowest BCUT2D eigenvalue weighted by molar-refractivity contribution is -0.118. The molecule has 0 saturated heterocycles. The van der Waals surface area contributed by atoms with Gasteiger partial charge >= 0.3 is 0 Å². The number of carbonyl (C=O) groups excluding carboxylic acids is 1. The fourth-order valence-electron chi connectivity index (χ4n) is 1.46. The van der Waals surface area contributed by atoms with Crippen molar-refractivity contribution in [2.45, 2.75) is 25.8 Å². The lowest BCUT2D eigenvalue weighted by Gasteiger charge is -2.26. The first-order chi connectivity index (χ1) is 8.25. The second-order valence-corrected chi connectivity index (χ2v) is 5.26. The van der Waals surface area contributed by atoms with Crippen LogP contribution in [0.15, 0.2) is 6.07 Å². The minimum absolute atomic E-state index is 0.138. The molecule has 100 valence electrons. The van der Waals surface area contributed by atoms with Crippen molar-refractivity contribution in [1.29, 1.82) is 0 Å². The van der Waals surface area contributed by atoms with Crippen LogP contribution in [0.5, 0.6) is 0 Å². The van der Waals surface area contributed by atoms with Gasteiger partial charge in [0.25, 0.3) is 0 Å². The van der Waals surface area contributed by atoms with Gasteiger partial charge in [-0.3, -0.25) is 4.79 Å². The summed E-state index contributed by atoms with van der Waals surface area (Å²) in [4.78, 5) is 15.1. The highest BCUT2D eigenvalue weighted by molar-refractivity contribution is 6.37. The molecule has 0 aliphatic carbocycles. The van der Waals surface area contributed by atoms with Gasteiger partial charge in [0.15, 0.2) is 5.82 Å². The average molecular weight is 292 g/mol. The van der Waals surface area contributed by atoms with Crippen molar-refractivity contribution < 1.29 is 4.79 Å². The monoisotopic (exact) mass is 291 g/mol. The molecule has 1 aromatic heterocycles. The van der Waals surface area contributed by atoms with Crippen molar-refractivity contribution in [2.24, 2.45) is 11.6 Å². The van der Waals surface area contributed by atoms with E-state index in [2.05, 4.69) is 15.7 Å². The van der Waals surface area contributed by atoms with Crippen LogP contribution in [0.25, 0.3) is 0 Å². The van der Waals surface area contributed by atoms with E-state index in [9.17, 15) is 4.79 Å². The predicted molar refractivity (Wildman–Crippen MR) is 73.6 cm³/mol. The molecule has 1 heterocycles. The van der Waals surface area contributed by atoms with Crippen LogP contribution < -0.4 is 22.3 Å². The minimum atomic E-state index is -0.581. The number of rotatable bonds is 5. The second kappa shape index (κ2) is 5.60. The third-order valence-corrected chi connectivity index (χ3v) is 2.72. The lowest BCUT2D eigenvalue weighted by atomic mass is 10.0. The summed E-state index contributed by atoms with van der Waals surface area (Å²) in [6.45, 7) is 3.61. The van der Waals surface area contributed by atoms with Gasteiger partial charge < -0.3 is 16.5 Å². The summed E-state index contributed by atoms with van der Waals surface area (Å²) in [5.41, 5.74) is 6.94. The number of nitrogens with two attached hydrogens (primary N) is 2. The summed E-state index contributed by atoms with van der Waals surface area (Å²) in [5, 5.41) is 3.66. The molecule has 0 atom stereocenters. The molecule has 8 heteroatoms. The fourth-order valence-corrected chi connectivity index (χ4v) is 1.92. The van der Waals surface area contributed by atoms with Crippen LogP contribution in [0.3, 0.4) is 0 Å². The molecule has 1 amide bonds. The van der Waals surface area contributed by atoms with Crippen molar-refractivity contribution in [3.8, 4) is 0 Å². The highest BCUT2D eigenvalue weighted by atomic mass is 35.5. The van der Waals surface area contributed by atoms with Crippen molar-refractivity contribution in [3.05, 3.63) is 16.1 Å². The van der Waals surface area contributed by atoms with Gasteiger partial charge in [-0.1, -0.05) is 23.2 Å². The maximum atomic E-state index is 10.9. The first-order valence-electron chi connectivity index (χ1n) is 5.14. The summed E-state index contributed by atoms with van der Waals surface area (Å²) >= 11 is 11.9. The van der Waals surface area contributed by atoms with Crippen LogP contribution in [0, 0.1) is 0 Å². The maximum Gasteiger partial charge on any atom is 0.219 e. The summed E-state index contributed by atoms with van der Waals surface area (Å²) in [7, 11) is 0. The molecule has 1 rings (SSSR count). The Kier molecular flexibility index (Phi) is 4.61. The highest BCUT2D eigenvalue weighted by Crippen LogP contribution is 2.30. The number of anilines is 2. The Morgan fingerprint density at radius 2 is 1.94 bits per heavy atom. The number of pyridine rings is 1. The quantitative estimate of drug-likeness (QED) is 0.488. The van der Waals surface area contributed by atoms with Gasteiger partial charge in [0.2, 0.25) is 5.91 Å². The second-order valence-electron chi connectivity index (χ2n) is 4.45. The number of hydrazine groups is 1. The molecule has 0 aliphatic heterocycles. The van der Waals surface area contributed by atoms with E-state index < -0.39 is 11.4 Å². The minimum Gasteiger partial charge on any atom is -0.370 e. The molecule has 18 heavy (non-hydrogen) atoms. The summed E-state index contributed by atoms with van der Waals surface area (Å²) in [6.07, 6.45) is 0.138. The van der Waals surface area contributed by atoms with Crippen LogP contribution in [0.2, 0.25) is 10.0 Å². The number of nitrogens with one attached hydrogen (secondary N) is 2. The van der Waals surface area contributed by atoms with Crippen LogP contribution in [0.4, 0.5) is 11.6 Å². The highest BCUT2D eigenvalue weighted by Gasteiger charge is 2.22. The molecule has 0 aliphatic rings. The number of primary amides is 1. The van der Waals surface area contributed by atoms with Gasteiger partial charge in [-0.05, 0) is 19.9 Å². The molecular formula is C10H15Cl2N5O. The van der Waals surface area contributed by atoms with Gasteiger partial charge in [0.1, 0.15) is 5.82 Å². The van der Waals surface area contributed by atoms with Crippen LogP contribution >= 0.6 is 23.2 Å². The van der Waals surface area contributed by atoms with Crippen molar-refractivity contribution in [2.75, 3.05) is 10.7 Å². The van der Waals surface area contributed by atoms with E-state index in [4.69, 9.17) is 34.8 Å². The summed E-state index contributed by atoms with van der Waals surface area (Å²) in [5.74, 6) is 5.52. The largest absolute Gasteiger partial charge is 0.370 e. The molecule has 0 saturated carbocycles. The van der Waals surface area contributed by atoms with Crippen LogP contribution in [0.1, 0.15) is 20.3 Å². The number of hydrogen-bond donors (Lipinski definition) is 4. The van der Waals surface area contributed by atoms with Crippen molar-refractivity contribution >= 4 is 40.7 Å². The number of hydrogen-bond acceptors (Lipinski definition) is 5. The Balaban J connectivity index is 3.00. The van der Waals surface area contributed by atoms with Gasteiger partial charge in [-0.25, -0.2) is 10.8 Å². The molecule has 6 N–H and O–H groups in total. The molecule has 0 spiro atoms. The topological polar surface area (TPSA) is 106 Å². The molecule has 0 radical (unpaired) electrons. The first-order valence-corrected chi connectivity index (χ1v) is 5.90. The zero-order valence-electron chi connectivity index (χ0n) is 10.1. The molecule has 1 aromatic rings. The molecule has 6 nitrogen and oxygen atoms in total. The SMILES string of the molecule is CC(C)(CC(N)=O)Nc1nc(NN)c(Cl)cc1Cl. The number of aromatic nitrogens is 1. The molecular weight excluding hydrogens is 277 g/mol. The molecule has 0 bridgehead atoms. The zero-order chi connectivity index (χ0) is 13.9. The van der Waals surface area contributed by atoms with E-state index in [1.165, 1.54) is 6.07 Å². The van der Waals surface area contributed by atoms with Gasteiger partial charge in [0, 0.05) is 12.0 Å². The lowest BCUT2D eigenvalue weighted by Crippen LogP contribution is -2.36. The summed E-state index contributed by atoms with van der Waals surface area (Å²) < 4.78 is 0. The molecule has 0 unspecified atom stereocenters. The number of nitrogen functional groups attached to an aromatic ring is 1. The third kappa shape index (κ3) is 3.90. The normalized spacial score (nSPS) is 11.2. The third-order valence-electron chi connectivity index (χ3n) is 2.14. The maximum absolute atomic E-state index is 10.9. The number of carbonyl (C=O) groups is 1. The smallest absolute Gasteiger partial charge is 0.219 e. The predicted octanol–water partition coefficient (Wildman–Crippen LogP) is 1.74. The van der Waals surface area contributed by atoms with Gasteiger partial charge in [-0.15, -0.1) is 0 Å². The Morgan fingerprint density at radius 3 is 2.44 bits per heavy atom. The Morgan fingerprint density at radius 1 is 1.39 bits per heavy atom. The number of halogens is 2. The van der Waals surface area contributed by atoms with Gasteiger partial charge in [0.05, 0.1) is 10.0 Å². The van der Waals surface area contributed by atoms with E-state index in [1.54, 1.807) is 13.8 Å².